The van der Waals surface area contributed by atoms with Gasteiger partial charge in [-0.1, -0.05) is 13.8 Å². The fourth-order valence-corrected chi connectivity index (χ4v) is 1.56. The maximum atomic E-state index is 11.8. The minimum absolute atomic E-state index is 0.142. The highest BCUT2D eigenvalue weighted by Crippen LogP contribution is 2.16. The van der Waals surface area contributed by atoms with Gasteiger partial charge in [-0.15, -0.1) is 0 Å². The Morgan fingerprint density at radius 2 is 2.12 bits per heavy atom. The average molecular weight is 230 g/mol. The first-order valence-corrected chi connectivity index (χ1v) is 5.27. The molecule has 1 fully saturated rings. The number of nitrogens with one attached hydrogen (secondary N) is 1. The zero-order chi connectivity index (χ0) is 12.3. The molecular weight excluding hydrogens is 212 g/mol. The van der Waals surface area contributed by atoms with E-state index in [-0.39, 0.29) is 12.5 Å². The monoisotopic (exact) mass is 230 g/mol. The summed E-state index contributed by atoms with van der Waals surface area (Å²) in [7, 11) is 0. The lowest BCUT2D eigenvalue weighted by molar-refractivity contribution is -0.144. The van der Waals surface area contributed by atoms with E-state index in [4.69, 9.17) is 15.6 Å². The molecule has 0 spiro atoms. The molecule has 6 heteroatoms. The molecule has 16 heavy (non-hydrogen) atoms. The van der Waals surface area contributed by atoms with E-state index in [0.29, 0.717) is 13.0 Å². The molecule has 2 atom stereocenters. The zero-order valence-electron chi connectivity index (χ0n) is 9.53. The molecule has 4 N–H and O–H groups in total. The fraction of sp³-hybridized carbons (Fsp3) is 0.800. The van der Waals surface area contributed by atoms with Crippen molar-refractivity contribution in [1.29, 1.82) is 0 Å². The predicted octanol–water partition coefficient (Wildman–Crippen LogP) is -0.670. The van der Waals surface area contributed by atoms with Gasteiger partial charge in [-0.3, -0.25) is 4.79 Å². The smallest absolute Gasteiger partial charge is 0.326 e. The average Bonchev–Trinajstić information content (AvgIpc) is 2.61. The molecule has 0 aromatic carbocycles. The Labute approximate surface area is 94.1 Å². The summed E-state index contributed by atoms with van der Waals surface area (Å²) < 4.78 is 5.05. The molecule has 0 bridgehead atoms. The van der Waals surface area contributed by atoms with Gasteiger partial charge in [0, 0.05) is 6.61 Å². The largest absolute Gasteiger partial charge is 0.480 e. The van der Waals surface area contributed by atoms with E-state index >= 15 is 0 Å². The van der Waals surface area contributed by atoms with Crippen molar-refractivity contribution in [2.75, 3.05) is 13.2 Å². The number of carboxylic acid groups (broad SMARTS) is 1. The van der Waals surface area contributed by atoms with Crippen LogP contribution >= 0.6 is 0 Å². The SMILES string of the molecule is CC(C)[C@H](NC(=O)C1(N)CCOC1)C(=O)O. The van der Waals surface area contributed by atoms with Crippen molar-refractivity contribution in [3.63, 3.8) is 0 Å². The minimum atomic E-state index is -1.08. The molecule has 1 rings (SSSR count). The number of carbonyl (C=O) groups excluding carboxylic acids is 1. The van der Waals surface area contributed by atoms with Crippen LogP contribution in [0.15, 0.2) is 0 Å². The number of nitrogens with two attached hydrogens (primary N) is 1. The highest BCUT2D eigenvalue weighted by atomic mass is 16.5. The summed E-state index contributed by atoms with van der Waals surface area (Å²) >= 11 is 0. The zero-order valence-corrected chi connectivity index (χ0v) is 9.53. The maximum Gasteiger partial charge on any atom is 0.326 e. The molecule has 1 unspecified atom stereocenters. The number of amides is 1. The van der Waals surface area contributed by atoms with E-state index in [1.54, 1.807) is 13.8 Å². The maximum absolute atomic E-state index is 11.8. The molecule has 0 radical (unpaired) electrons. The van der Waals surface area contributed by atoms with Crippen molar-refractivity contribution in [1.82, 2.24) is 5.32 Å². The van der Waals surface area contributed by atoms with Crippen LogP contribution in [0.25, 0.3) is 0 Å². The first-order valence-electron chi connectivity index (χ1n) is 5.27. The second-order valence-electron chi connectivity index (χ2n) is 4.49. The van der Waals surface area contributed by atoms with E-state index in [9.17, 15) is 9.59 Å². The van der Waals surface area contributed by atoms with Gasteiger partial charge in [-0.2, -0.15) is 0 Å². The van der Waals surface area contributed by atoms with Crippen LogP contribution in [0.1, 0.15) is 20.3 Å². The molecular formula is C10H18N2O4. The molecule has 1 saturated heterocycles. The lowest BCUT2D eigenvalue weighted by Crippen LogP contribution is -2.58. The normalized spacial score (nSPS) is 26.8. The van der Waals surface area contributed by atoms with Crippen molar-refractivity contribution >= 4 is 11.9 Å². The van der Waals surface area contributed by atoms with Crippen LogP contribution in [-0.2, 0) is 14.3 Å². The van der Waals surface area contributed by atoms with E-state index in [1.807, 2.05) is 0 Å². The molecule has 6 nitrogen and oxygen atoms in total. The van der Waals surface area contributed by atoms with Gasteiger partial charge in [0.2, 0.25) is 5.91 Å². The van der Waals surface area contributed by atoms with Crippen molar-refractivity contribution in [2.24, 2.45) is 11.7 Å². The fourth-order valence-electron chi connectivity index (χ4n) is 1.56. The van der Waals surface area contributed by atoms with E-state index in [0.717, 1.165) is 0 Å². The molecule has 0 aromatic heterocycles. The van der Waals surface area contributed by atoms with Crippen LogP contribution in [0.3, 0.4) is 0 Å². The van der Waals surface area contributed by atoms with Crippen molar-refractivity contribution in [2.45, 2.75) is 31.8 Å². The molecule has 1 heterocycles. The van der Waals surface area contributed by atoms with Gasteiger partial charge < -0.3 is 20.9 Å². The Morgan fingerprint density at radius 1 is 1.50 bits per heavy atom. The Balaban J connectivity index is 2.65. The summed E-state index contributed by atoms with van der Waals surface area (Å²) in [6.07, 6.45) is 0.420. The number of rotatable bonds is 4. The van der Waals surface area contributed by atoms with Crippen molar-refractivity contribution in [3.8, 4) is 0 Å². The lowest BCUT2D eigenvalue weighted by Gasteiger charge is -2.25. The Hall–Kier alpha value is -1.14. The molecule has 92 valence electrons. The summed E-state index contributed by atoms with van der Waals surface area (Å²) in [5.41, 5.74) is 4.74. The lowest BCUT2D eigenvalue weighted by atomic mass is 9.97. The summed E-state index contributed by atoms with van der Waals surface area (Å²) in [5.74, 6) is -1.69. The molecule has 1 aliphatic heterocycles. The number of carboxylic acids is 1. The van der Waals surface area contributed by atoms with Gasteiger partial charge in [0.05, 0.1) is 6.61 Å². The molecule has 0 aromatic rings. The molecule has 1 aliphatic rings. The highest BCUT2D eigenvalue weighted by molar-refractivity contribution is 5.90. The van der Waals surface area contributed by atoms with Gasteiger partial charge in [0.25, 0.3) is 0 Å². The molecule has 0 aliphatic carbocycles. The summed E-state index contributed by atoms with van der Waals surface area (Å²) in [4.78, 5) is 22.7. The van der Waals surface area contributed by atoms with Gasteiger partial charge in [-0.05, 0) is 12.3 Å². The topological polar surface area (TPSA) is 102 Å². The van der Waals surface area contributed by atoms with Gasteiger partial charge >= 0.3 is 5.97 Å². The molecule has 0 saturated carbocycles. The highest BCUT2D eigenvalue weighted by Gasteiger charge is 2.40. The number of hydrogen-bond acceptors (Lipinski definition) is 4. The van der Waals surface area contributed by atoms with Crippen LogP contribution in [-0.4, -0.2) is 41.8 Å². The van der Waals surface area contributed by atoms with Gasteiger partial charge in [0.15, 0.2) is 0 Å². The third kappa shape index (κ3) is 2.70. The second kappa shape index (κ2) is 4.80. The van der Waals surface area contributed by atoms with E-state index in [1.165, 1.54) is 0 Å². The van der Waals surface area contributed by atoms with Crippen LogP contribution in [0.4, 0.5) is 0 Å². The summed E-state index contributed by atoms with van der Waals surface area (Å²) in [5, 5.41) is 11.4. The van der Waals surface area contributed by atoms with E-state index < -0.39 is 23.5 Å². The number of carbonyl (C=O) groups is 2. The first kappa shape index (κ1) is 12.9. The Morgan fingerprint density at radius 3 is 2.50 bits per heavy atom. The minimum Gasteiger partial charge on any atom is -0.480 e. The third-order valence-electron chi connectivity index (χ3n) is 2.72. The predicted molar refractivity (Wildman–Crippen MR) is 56.8 cm³/mol. The molecule has 1 amide bonds. The standard InChI is InChI=1S/C10H18N2O4/c1-6(2)7(8(13)14)12-9(15)10(11)3-4-16-5-10/h6-7H,3-5,11H2,1-2H3,(H,12,15)(H,13,14)/t7-,10?/m0/s1. The van der Waals surface area contributed by atoms with Crippen LogP contribution in [0.2, 0.25) is 0 Å². The number of hydrogen-bond donors (Lipinski definition) is 3. The summed E-state index contributed by atoms with van der Waals surface area (Å²) in [6, 6.07) is -0.909. The quantitative estimate of drug-likeness (QED) is 0.594. The van der Waals surface area contributed by atoms with E-state index in [2.05, 4.69) is 5.32 Å². The number of aliphatic carboxylic acids is 1. The Bertz CT molecular complexity index is 285. The van der Waals surface area contributed by atoms with Crippen LogP contribution < -0.4 is 11.1 Å². The summed E-state index contributed by atoms with van der Waals surface area (Å²) in [6.45, 7) is 4.04. The van der Waals surface area contributed by atoms with Crippen LogP contribution in [0.5, 0.6) is 0 Å². The third-order valence-corrected chi connectivity index (χ3v) is 2.72. The number of ether oxygens (including phenoxy) is 1. The van der Waals surface area contributed by atoms with Crippen molar-refractivity contribution in [3.05, 3.63) is 0 Å². The van der Waals surface area contributed by atoms with Crippen LogP contribution in [0, 0.1) is 5.92 Å². The first-order chi connectivity index (χ1) is 7.37. The van der Waals surface area contributed by atoms with Gasteiger partial charge in [0.1, 0.15) is 11.6 Å². The second-order valence-corrected chi connectivity index (χ2v) is 4.49. The Kier molecular flexibility index (Phi) is 3.88. The van der Waals surface area contributed by atoms with Crippen molar-refractivity contribution < 1.29 is 19.4 Å². The van der Waals surface area contributed by atoms with Gasteiger partial charge in [-0.25, -0.2) is 4.79 Å².